The fourth-order valence-electron chi connectivity index (χ4n) is 2.65. The molecule has 1 aromatic heterocycles. The molecule has 108 valence electrons. The first-order valence-electron chi connectivity index (χ1n) is 6.99. The van der Waals surface area contributed by atoms with Crippen LogP contribution >= 0.6 is 0 Å². The van der Waals surface area contributed by atoms with E-state index in [2.05, 4.69) is 43.2 Å². The highest BCUT2D eigenvalue weighted by molar-refractivity contribution is 5.05. The average molecular weight is 267 g/mol. The molecular formula is C14H25N3O2. The van der Waals surface area contributed by atoms with Gasteiger partial charge in [0.2, 0.25) is 11.7 Å². The van der Waals surface area contributed by atoms with Crippen molar-refractivity contribution in [2.24, 2.45) is 5.41 Å². The van der Waals surface area contributed by atoms with Crippen molar-refractivity contribution in [3.8, 4) is 0 Å². The number of nitrogens with one attached hydrogen (secondary N) is 1. The molecule has 5 heteroatoms. The van der Waals surface area contributed by atoms with Crippen LogP contribution in [0, 0.1) is 5.41 Å². The molecule has 2 atom stereocenters. The molecule has 1 aliphatic heterocycles. The standard InChI is InChI=1S/C14H25N3O2/c1-13(2,3)10(18-5)11-16-12(19-17-11)14(4)8-6-7-9-15-14/h10,15H,6-9H2,1-5H3. The molecule has 0 bridgehead atoms. The number of methoxy groups -OCH3 is 1. The number of rotatable bonds is 3. The zero-order valence-electron chi connectivity index (χ0n) is 12.6. The third-order valence-corrected chi connectivity index (χ3v) is 3.79. The fraction of sp³-hybridized carbons (Fsp3) is 0.857. The zero-order chi connectivity index (χ0) is 14.1. The molecule has 0 aliphatic carbocycles. The van der Waals surface area contributed by atoms with Crippen molar-refractivity contribution in [2.75, 3.05) is 13.7 Å². The summed E-state index contributed by atoms with van der Waals surface area (Å²) >= 11 is 0. The highest BCUT2D eigenvalue weighted by Crippen LogP contribution is 2.35. The van der Waals surface area contributed by atoms with Crippen LogP contribution in [0.15, 0.2) is 4.52 Å². The first-order valence-corrected chi connectivity index (χ1v) is 6.99. The molecule has 5 nitrogen and oxygen atoms in total. The van der Waals surface area contributed by atoms with Crippen molar-refractivity contribution in [1.29, 1.82) is 0 Å². The van der Waals surface area contributed by atoms with E-state index in [1.807, 2.05) is 0 Å². The van der Waals surface area contributed by atoms with Crippen LogP contribution in [0.4, 0.5) is 0 Å². The first-order chi connectivity index (χ1) is 8.87. The Morgan fingerprint density at radius 1 is 1.37 bits per heavy atom. The number of hydrogen-bond donors (Lipinski definition) is 1. The van der Waals surface area contributed by atoms with E-state index in [1.54, 1.807) is 7.11 Å². The highest BCUT2D eigenvalue weighted by atomic mass is 16.5. The normalized spacial score (nSPS) is 26.4. The Bertz CT molecular complexity index is 417. The van der Waals surface area contributed by atoms with Gasteiger partial charge in [-0.2, -0.15) is 4.98 Å². The van der Waals surface area contributed by atoms with E-state index in [-0.39, 0.29) is 17.1 Å². The van der Waals surface area contributed by atoms with Crippen LogP contribution < -0.4 is 5.32 Å². The van der Waals surface area contributed by atoms with Gasteiger partial charge in [-0.15, -0.1) is 0 Å². The van der Waals surface area contributed by atoms with E-state index in [1.165, 1.54) is 12.8 Å². The SMILES string of the molecule is COC(c1noc(C2(C)CCCCN2)n1)C(C)(C)C. The van der Waals surface area contributed by atoms with Gasteiger partial charge in [-0.3, -0.25) is 0 Å². The Morgan fingerprint density at radius 2 is 2.11 bits per heavy atom. The summed E-state index contributed by atoms with van der Waals surface area (Å²) in [4.78, 5) is 4.58. The third kappa shape index (κ3) is 2.98. The smallest absolute Gasteiger partial charge is 0.246 e. The van der Waals surface area contributed by atoms with Crippen LogP contribution in [0.5, 0.6) is 0 Å². The number of hydrogen-bond acceptors (Lipinski definition) is 5. The van der Waals surface area contributed by atoms with Gasteiger partial charge in [-0.25, -0.2) is 0 Å². The summed E-state index contributed by atoms with van der Waals surface area (Å²) in [5.41, 5.74) is -0.254. The van der Waals surface area contributed by atoms with E-state index in [0.29, 0.717) is 11.7 Å². The summed E-state index contributed by atoms with van der Waals surface area (Å²) in [6, 6.07) is 0. The maximum absolute atomic E-state index is 5.53. The first kappa shape index (κ1) is 14.5. The minimum absolute atomic E-state index is 0.0587. The zero-order valence-corrected chi connectivity index (χ0v) is 12.6. The molecule has 0 aromatic carbocycles. The molecule has 2 heterocycles. The molecule has 1 saturated heterocycles. The molecule has 1 aliphatic rings. The van der Waals surface area contributed by atoms with Crippen LogP contribution in [0.1, 0.15) is 64.8 Å². The van der Waals surface area contributed by atoms with E-state index in [4.69, 9.17) is 9.26 Å². The summed E-state index contributed by atoms with van der Waals surface area (Å²) in [5.74, 6) is 1.31. The lowest BCUT2D eigenvalue weighted by Crippen LogP contribution is -2.43. The summed E-state index contributed by atoms with van der Waals surface area (Å²) < 4.78 is 11.0. The maximum atomic E-state index is 5.53. The Balaban J connectivity index is 2.23. The highest BCUT2D eigenvalue weighted by Gasteiger charge is 2.37. The van der Waals surface area contributed by atoms with Crippen molar-refractivity contribution >= 4 is 0 Å². The Kier molecular flexibility index (Phi) is 3.97. The molecule has 0 amide bonds. The van der Waals surface area contributed by atoms with Crippen molar-refractivity contribution < 1.29 is 9.26 Å². The average Bonchev–Trinajstić information content (AvgIpc) is 2.79. The third-order valence-electron chi connectivity index (χ3n) is 3.79. The second kappa shape index (κ2) is 5.21. The van der Waals surface area contributed by atoms with E-state index in [9.17, 15) is 0 Å². The second-order valence-electron chi connectivity index (χ2n) is 6.66. The van der Waals surface area contributed by atoms with Crippen molar-refractivity contribution in [1.82, 2.24) is 15.5 Å². The van der Waals surface area contributed by atoms with Crippen LogP contribution in [0.2, 0.25) is 0 Å². The second-order valence-corrected chi connectivity index (χ2v) is 6.66. The lowest BCUT2D eigenvalue weighted by molar-refractivity contribution is 0.00718. The quantitative estimate of drug-likeness (QED) is 0.912. The van der Waals surface area contributed by atoms with Crippen LogP contribution in [0.25, 0.3) is 0 Å². The number of ether oxygens (including phenoxy) is 1. The van der Waals surface area contributed by atoms with Crippen LogP contribution in [-0.2, 0) is 10.3 Å². The molecule has 0 spiro atoms. The van der Waals surface area contributed by atoms with Gasteiger partial charge < -0.3 is 14.6 Å². The van der Waals surface area contributed by atoms with Gasteiger partial charge >= 0.3 is 0 Å². The van der Waals surface area contributed by atoms with Crippen molar-refractivity contribution in [3.63, 3.8) is 0 Å². The predicted octanol–water partition coefficient (Wildman–Crippen LogP) is 2.79. The van der Waals surface area contributed by atoms with Gasteiger partial charge in [0.15, 0.2) is 0 Å². The lowest BCUT2D eigenvalue weighted by Gasteiger charge is -2.31. The number of aromatic nitrogens is 2. The van der Waals surface area contributed by atoms with Crippen molar-refractivity contribution in [3.05, 3.63) is 11.7 Å². The van der Waals surface area contributed by atoms with E-state index >= 15 is 0 Å². The molecule has 19 heavy (non-hydrogen) atoms. The largest absolute Gasteiger partial charge is 0.373 e. The van der Waals surface area contributed by atoms with Gasteiger partial charge in [0, 0.05) is 7.11 Å². The van der Waals surface area contributed by atoms with Crippen molar-refractivity contribution in [2.45, 2.75) is 58.6 Å². The monoisotopic (exact) mass is 267 g/mol. The summed E-state index contributed by atoms with van der Waals surface area (Å²) in [7, 11) is 1.69. The molecular weight excluding hydrogens is 242 g/mol. The molecule has 1 N–H and O–H groups in total. The fourth-order valence-corrected chi connectivity index (χ4v) is 2.65. The van der Waals surface area contributed by atoms with E-state index in [0.717, 1.165) is 13.0 Å². The van der Waals surface area contributed by atoms with Gasteiger partial charge in [0.05, 0.1) is 5.54 Å². The maximum Gasteiger partial charge on any atom is 0.246 e. The minimum atomic E-state index is -0.195. The Morgan fingerprint density at radius 3 is 2.63 bits per heavy atom. The van der Waals surface area contributed by atoms with E-state index < -0.39 is 0 Å². The molecule has 0 radical (unpaired) electrons. The van der Waals surface area contributed by atoms with Crippen LogP contribution in [0.3, 0.4) is 0 Å². The topological polar surface area (TPSA) is 60.2 Å². The molecule has 1 fully saturated rings. The molecule has 0 saturated carbocycles. The number of nitrogens with zero attached hydrogens (tertiary/aromatic N) is 2. The number of piperidine rings is 1. The molecule has 1 aromatic rings. The van der Waals surface area contributed by atoms with Gasteiger partial charge in [0.1, 0.15) is 6.10 Å². The lowest BCUT2D eigenvalue weighted by atomic mass is 9.88. The molecule has 2 rings (SSSR count). The predicted molar refractivity (Wildman–Crippen MR) is 72.7 cm³/mol. The van der Waals surface area contributed by atoms with Crippen LogP contribution in [-0.4, -0.2) is 23.8 Å². The summed E-state index contributed by atoms with van der Waals surface area (Å²) in [6.45, 7) is 9.46. The summed E-state index contributed by atoms with van der Waals surface area (Å²) in [6.07, 6.45) is 3.27. The van der Waals surface area contributed by atoms with Gasteiger partial charge in [-0.1, -0.05) is 25.9 Å². The minimum Gasteiger partial charge on any atom is -0.373 e. The molecule has 2 unspecified atom stereocenters. The Labute approximate surface area is 115 Å². The summed E-state index contributed by atoms with van der Waals surface area (Å²) in [5, 5.41) is 7.61. The van der Waals surface area contributed by atoms with Gasteiger partial charge in [0.25, 0.3) is 0 Å². The van der Waals surface area contributed by atoms with Gasteiger partial charge in [-0.05, 0) is 38.1 Å². The Hall–Kier alpha value is -0.940.